The van der Waals surface area contributed by atoms with E-state index >= 15 is 0 Å². The van der Waals surface area contributed by atoms with Crippen LogP contribution in [0.2, 0.25) is 0 Å². The maximum absolute atomic E-state index is 3.50. The summed E-state index contributed by atoms with van der Waals surface area (Å²) in [7, 11) is 2.09. The van der Waals surface area contributed by atoms with Gasteiger partial charge in [-0.1, -0.05) is 42.7 Å². The quantitative estimate of drug-likeness (QED) is 0.620. The van der Waals surface area contributed by atoms with Crippen molar-refractivity contribution in [2.75, 3.05) is 12.8 Å². The lowest BCUT2D eigenvalue weighted by molar-refractivity contribution is 0.583. The fraction of sp³-hybridized carbons (Fsp3) is 0.529. The Morgan fingerprint density at radius 1 is 1.11 bits per heavy atom. The van der Waals surface area contributed by atoms with Gasteiger partial charge in [-0.25, -0.2) is 0 Å². The van der Waals surface area contributed by atoms with Gasteiger partial charge in [0.05, 0.1) is 0 Å². The standard InChI is InChI=1S/C17H25NS/c1-18-17(14-19-16-12-8-5-9-13-16)15-10-6-3-2-4-7-11-15/h5,8-10,12-13,17-18H,2-4,6-7,11,14H2,1H3/b15-10+. The van der Waals surface area contributed by atoms with E-state index in [0.717, 1.165) is 5.75 Å². The van der Waals surface area contributed by atoms with Crippen LogP contribution in [0.3, 0.4) is 0 Å². The lowest BCUT2D eigenvalue weighted by Crippen LogP contribution is -2.30. The van der Waals surface area contributed by atoms with Gasteiger partial charge in [0.1, 0.15) is 0 Å². The first-order valence-electron chi connectivity index (χ1n) is 7.44. The summed E-state index contributed by atoms with van der Waals surface area (Å²) >= 11 is 1.96. The number of rotatable bonds is 5. The predicted molar refractivity (Wildman–Crippen MR) is 85.8 cm³/mol. The van der Waals surface area contributed by atoms with Crippen LogP contribution in [0, 0.1) is 0 Å². The van der Waals surface area contributed by atoms with Gasteiger partial charge in [0.25, 0.3) is 0 Å². The van der Waals surface area contributed by atoms with Crippen molar-refractivity contribution in [2.24, 2.45) is 0 Å². The molecule has 1 unspecified atom stereocenters. The second-order valence-electron chi connectivity index (χ2n) is 5.20. The molecule has 19 heavy (non-hydrogen) atoms. The zero-order valence-corrected chi connectivity index (χ0v) is 12.7. The summed E-state index contributed by atoms with van der Waals surface area (Å²) in [6.07, 6.45) is 10.6. The Balaban J connectivity index is 1.91. The Labute approximate surface area is 121 Å². The molecule has 0 aromatic heterocycles. The molecule has 1 aromatic rings. The molecule has 0 saturated heterocycles. The highest BCUT2D eigenvalue weighted by atomic mass is 32.2. The fourth-order valence-corrected chi connectivity index (χ4v) is 3.69. The van der Waals surface area contributed by atoms with Crippen LogP contribution >= 0.6 is 11.8 Å². The van der Waals surface area contributed by atoms with Crippen molar-refractivity contribution in [3.63, 3.8) is 0 Å². The molecule has 1 aromatic carbocycles. The average Bonchev–Trinajstić information content (AvgIpc) is 2.42. The number of allylic oxidation sites excluding steroid dienone is 1. The summed E-state index contributed by atoms with van der Waals surface area (Å²) in [6, 6.07) is 11.2. The van der Waals surface area contributed by atoms with Crippen LogP contribution in [-0.4, -0.2) is 18.8 Å². The number of nitrogens with one attached hydrogen (secondary N) is 1. The molecule has 1 nitrogen and oxygen atoms in total. The summed E-state index contributed by atoms with van der Waals surface area (Å²) in [5.41, 5.74) is 1.63. The van der Waals surface area contributed by atoms with Crippen molar-refractivity contribution in [2.45, 2.75) is 49.5 Å². The maximum atomic E-state index is 3.50. The van der Waals surface area contributed by atoms with Crippen molar-refractivity contribution in [1.29, 1.82) is 0 Å². The Kier molecular flexibility index (Phi) is 6.52. The van der Waals surface area contributed by atoms with Gasteiger partial charge in [0.2, 0.25) is 0 Å². The van der Waals surface area contributed by atoms with Crippen molar-refractivity contribution in [1.82, 2.24) is 5.32 Å². The highest BCUT2D eigenvalue weighted by Gasteiger charge is 2.13. The highest BCUT2D eigenvalue weighted by molar-refractivity contribution is 7.99. The molecule has 1 atom stereocenters. The first kappa shape index (κ1) is 14.7. The van der Waals surface area contributed by atoms with Crippen LogP contribution in [0.15, 0.2) is 46.9 Å². The zero-order valence-electron chi connectivity index (χ0n) is 11.9. The molecule has 0 spiro atoms. The first-order valence-corrected chi connectivity index (χ1v) is 8.43. The van der Waals surface area contributed by atoms with Crippen molar-refractivity contribution in [3.05, 3.63) is 42.0 Å². The van der Waals surface area contributed by atoms with E-state index in [0.29, 0.717) is 6.04 Å². The van der Waals surface area contributed by atoms with E-state index < -0.39 is 0 Å². The largest absolute Gasteiger partial charge is 0.313 e. The number of benzene rings is 1. The minimum atomic E-state index is 0.531. The molecule has 1 aliphatic rings. The fourth-order valence-electron chi connectivity index (χ4n) is 2.61. The van der Waals surface area contributed by atoms with Gasteiger partial charge in [-0.2, -0.15) is 0 Å². The van der Waals surface area contributed by atoms with Gasteiger partial charge in [0.15, 0.2) is 0 Å². The van der Waals surface area contributed by atoms with Gasteiger partial charge >= 0.3 is 0 Å². The van der Waals surface area contributed by atoms with Gasteiger partial charge in [-0.3, -0.25) is 0 Å². The maximum Gasteiger partial charge on any atom is 0.0371 e. The Morgan fingerprint density at radius 2 is 1.89 bits per heavy atom. The van der Waals surface area contributed by atoms with Crippen LogP contribution in [0.25, 0.3) is 0 Å². The molecule has 0 saturated carbocycles. The third-order valence-corrected chi connectivity index (χ3v) is 4.89. The Bertz CT molecular complexity index is 386. The molecule has 1 N–H and O–H groups in total. The number of thioether (sulfide) groups is 1. The SMILES string of the molecule is CNC(CSc1ccccc1)/C1=C/CCCCCC1. The Hall–Kier alpha value is -0.730. The molecular formula is C17H25NS. The van der Waals surface area contributed by atoms with Crippen LogP contribution in [0.5, 0.6) is 0 Å². The van der Waals surface area contributed by atoms with E-state index in [1.807, 2.05) is 11.8 Å². The molecule has 0 amide bonds. The normalized spacial score (nSPS) is 21.0. The molecule has 0 radical (unpaired) electrons. The smallest absolute Gasteiger partial charge is 0.0371 e. The van der Waals surface area contributed by atoms with E-state index in [4.69, 9.17) is 0 Å². The third kappa shape index (κ3) is 5.04. The van der Waals surface area contributed by atoms with E-state index in [9.17, 15) is 0 Å². The lowest BCUT2D eigenvalue weighted by Gasteiger charge is -2.21. The third-order valence-electron chi connectivity index (χ3n) is 3.78. The molecular weight excluding hydrogens is 250 g/mol. The number of hydrogen-bond donors (Lipinski definition) is 1. The number of likely N-dealkylation sites (N-methyl/N-ethyl adjacent to an activating group) is 1. The first-order chi connectivity index (χ1) is 9.40. The zero-order chi connectivity index (χ0) is 13.3. The Morgan fingerprint density at radius 3 is 2.68 bits per heavy atom. The van der Waals surface area contributed by atoms with Gasteiger partial charge in [-0.15, -0.1) is 11.8 Å². The van der Waals surface area contributed by atoms with Crippen molar-refractivity contribution < 1.29 is 0 Å². The van der Waals surface area contributed by atoms with Crippen LogP contribution in [0.4, 0.5) is 0 Å². The monoisotopic (exact) mass is 275 g/mol. The molecule has 0 bridgehead atoms. The topological polar surface area (TPSA) is 12.0 Å². The van der Waals surface area contributed by atoms with E-state index in [1.165, 1.54) is 43.4 Å². The lowest BCUT2D eigenvalue weighted by atomic mass is 9.96. The second-order valence-corrected chi connectivity index (χ2v) is 6.29. The molecule has 1 aliphatic carbocycles. The van der Waals surface area contributed by atoms with Crippen molar-refractivity contribution >= 4 is 11.8 Å². The molecule has 2 heteroatoms. The van der Waals surface area contributed by atoms with Gasteiger partial charge in [0, 0.05) is 16.7 Å². The molecule has 104 valence electrons. The van der Waals surface area contributed by atoms with E-state index in [1.54, 1.807) is 5.57 Å². The van der Waals surface area contributed by atoms with Crippen LogP contribution < -0.4 is 5.32 Å². The van der Waals surface area contributed by atoms with E-state index in [2.05, 4.69) is 48.8 Å². The molecule has 0 fully saturated rings. The highest BCUT2D eigenvalue weighted by Crippen LogP contribution is 2.24. The minimum absolute atomic E-state index is 0.531. The van der Waals surface area contributed by atoms with Crippen molar-refractivity contribution in [3.8, 4) is 0 Å². The molecule has 2 rings (SSSR count). The molecule has 0 heterocycles. The second kappa shape index (κ2) is 8.44. The predicted octanol–water partition coefficient (Wildman–Crippen LogP) is 4.65. The van der Waals surface area contributed by atoms with E-state index in [-0.39, 0.29) is 0 Å². The summed E-state index contributed by atoms with van der Waals surface area (Å²) in [6.45, 7) is 0. The van der Waals surface area contributed by atoms with Gasteiger partial charge in [-0.05, 0) is 44.9 Å². The minimum Gasteiger partial charge on any atom is -0.313 e. The van der Waals surface area contributed by atoms with Crippen LogP contribution in [-0.2, 0) is 0 Å². The number of hydrogen-bond acceptors (Lipinski definition) is 2. The van der Waals surface area contributed by atoms with Crippen LogP contribution in [0.1, 0.15) is 38.5 Å². The summed E-state index contributed by atoms with van der Waals surface area (Å²) in [5, 5.41) is 3.50. The molecule has 0 aliphatic heterocycles. The summed E-state index contributed by atoms with van der Waals surface area (Å²) in [5.74, 6) is 1.13. The summed E-state index contributed by atoms with van der Waals surface area (Å²) < 4.78 is 0. The average molecular weight is 275 g/mol. The van der Waals surface area contributed by atoms with Gasteiger partial charge < -0.3 is 5.32 Å². The summed E-state index contributed by atoms with van der Waals surface area (Å²) in [4.78, 5) is 1.37.